The maximum atomic E-state index is 11.5. The van der Waals surface area contributed by atoms with Crippen molar-refractivity contribution in [3.8, 4) is 0 Å². The molecule has 1 aromatic heterocycles. The minimum Gasteiger partial charge on any atom is -0.352 e. The summed E-state index contributed by atoms with van der Waals surface area (Å²) in [6.45, 7) is 2.61. The first-order chi connectivity index (χ1) is 7.19. The zero-order valence-corrected chi connectivity index (χ0v) is 10.2. The highest BCUT2D eigenvalue weighted by Gasteiger charge is 2.11. The zero-order chi connectivity index (χ0) is 11.3. The van der Waals surface area contributed by atoms with Crippen molar-refractivity contribution < 1.29 is 4.79 Å². The van der Waals surface area contributed by atoms with E-state index >= 15 is 0 Å². The molecule has 1 rings (SSSR count). The van der Waals surface area contributed by atoms with Gasteiger partial charge in [-0.25, -0.2) is 9.97 Å². The summed E-state index contributed by atoms with van der Waals surface area (Å²) < 4.78 is 0. The fourth-order valence-corrected chi connectivity index (χ4v) is 1.54. The Hall–Kier alpha value is -0.810. The average Bonchev–Trinajstić information content (AvgIpc) is 2.25. The van der Waals surface area contributed by atoms with Crippen LogP contribution in [0.1, 0.15) is 23.7 Å². The summed E-state index contributed by atoms with van der Waals surface area (Å²) in [5.74, 6) is -0.227. The summed E-state index contributed by atoms with van der Waals surface area (Å²) >= 11 is 7.24. The largest absolute Gasteiger partial charge is 0.352 e. The Bertz CT molecular complexity index is 359. The van der Waals surface area contributed by atoms with Gasteiger partial charge in [0.05, 0.1) is 5.56 Å². The molecule has 0 fully saturated rings. The number of nitrogens with one attached hydrogen (secondary N) is 1. The highest BCUT2D eigenvalue weighted by molar-refractivity contribution is 7.98. The first kappa shape index (κ1) is 12.3. The lowest BCUT2D eigenvalue weighted by Crippen LogP contribution is -2.24. The van der Waals surface area contributed by atoms with Crippen LogP contribution in [0.4, 0.5) is 0 Å². The van der Waals surface area contributed by atoms with E-state index < -0.39 is 0 Å². The molecule has 0 aliphatic carbocycles. The summed E-state index contributed by atoms with van der Waals surface area (Å²) in [4.78, 5) is 19.5. The molecule has 1 heterocycles. The number of halogens is 1. The Balaban J connectivity index is 2.81. The highest BCUT2D eigenvalue weighted by Crippen LogP contribution is 2.16. The van der Waals surface area contributed by atoms with Gasteiger partial charge in [-0.15, -0.1) is 0 Å². The fraction of sp³-hybridized carbons (Fsp3) is 0.444. The summed E-state index contributed by atoms with van der Waals surface area (Å²) in [7, 11) is 0. The molecule has 0 aliphatic rings. The van der Waals surface area contributed by atoms with Gasteiger partial charge in [0.1, 0.15) is 5.15 Å². The molecule has 1 amide bonds. The van der Waals surface area contributed by atoms with E-state index in [1.54, 1.807) is 0 Å². The Morgan fingerprint density at radius 2 is 2.40 bits per heavy atom. The minimum atomic E-state index is -0.227. The number of carbonyl (C=O) groups is 1. The van der Waals surface area contributed by atoms with Crippen LogP contribution in [0.5, 0.6) is 0 Å². The summed E-state index contributed by atoms with van der Waals surface area (Å²) in [6.07, 6.45) is 4.18. The van der Waals surface area contributed by atoms with Crippen LogP contribution in [0.2, 0.25) is 5.15 Å². The molecule has 0 radical (unpaired) electrons. The van der Waals surface area contributed by atoms with Crippen molar-refractivity contribution >= 4 is 29.3 Å². The lowest BCUT2D eigenvalue weighted by Gasteiger charge is -2.04. The van der Waals surface area contributed by atoms with Crippen molar-refractivity contribution in [1.82, 2.24) is 15.3 Å². The lowest BCUT2D eigenvalue weighted by atomic mass is 10.3. The molecule has 0 spiro atoms. The van der Waals surface area contributed by atoms with E-state index in [1.165, 1.54) is 18.0 Å². The second-order valence-electron chi connectivity index (χ2n) is 2.82. The second-order valence-corrected chi connectivity index (χ2v) is 3.95. The van der Waals surface area contributed by atoms with Gasteiger partial charge in [0.15, 0.2) is 5.16 Å². The number of hydrogen-bond acceptors (Lipinski definition) is 4. The standard InChI is InChI=1S/C9H12ClN3OS/c1-3-4-11-8(14)6-5-12-9(15-2)13-7(6)10/h5H,3-4H2,1-2H3,(H,11,14). The molecule has 4 nitrogen and oxygen atoms in total. The van der Waals surface area contributed by atoms with Crippen molar-refractivity contribution in [2.45, 2.75) is 18.5 Å². The number of aromatic nitrogens is 2. The highest BCUT2D eigenvalue weighted by atomic mass is 35.5. The van der Waals surface area contributed by atoms with Crippen LogP contribution >= 0.6 is 23.4 Å². The number of nitrogens with zero attached hydrogens (tertiary/aromatic N) is 2. The molecule has 6 heteroatoms. The van der Waals surface area contributed by atoms with Gasteiger partial charge >= 0.3 is 0 Å². The van der Waals surface area contributed by atoms with E-state index in [4.69, 9.17) is 11.6 Å². The smallest absolute Gasteiger partial charge is 0.255 e. The van der Waals surface area contributed by atoms with E-state index in [0.717, 1.165) is 6.42 Å². The Morgan fingerprint density at radius 3 is 2.93 bits per heavy atom. The number of amides is 1. The van der Waals surface area contributed by atoms with E-state index in [-0.39, 0.29) is 11.1 Å². The van der Waals surface area contributed by atoms with Crippen LogP contribution in [-0.2, 0) is 0 Å². The van der Waals surface area contributed by atoms with Crippen molar-refractivity contribution in [2.75, 3.05) is 12.8 Å². The third-order valence-electron chi connectivity index (χ3n) is 1.68. The monoisotopic (exact) mass is 245 g/mol. The summed E-state index contributed by atoms with van der Waals surface area (Å²) in [5.41, 5.74) is 0.322. The molecule has 0 unspecified atom stereocenters. The molecule has 0 aromatic carbocycles. The number of rotatable bonds is 4. The van der Waals surface area contributed by atoms with E-state index in [2.05, 4.69) is 15.3 Å². The van der Waals surface area contributed by atoms with Gasteiger partial charge in [-0.1, -0.05) is 30.3 Å². The first-order valence-corrected chi connectivity index (χ1v) is 6.14. The van der Waals surface area contributed by atoms with Crippen LogP contribution < -0.4 is 5.32 Å². The maximum absolute atomic E-state index is 11.5. The molecule has 0 aliphatic heterocycles. The minimum absolute atomic E-state index is 0.197. The second kappa shape index (κ2) is 5.92. The van der Waals surface area contributed by atoms with Gasteiger partial charge < -0.3 is 5.32 Å². The van der Waals surface area contributed by atoms with E-state index in [0.29, 0.717) is 17.3 Å². The van der Waals surface area contributed by atoms with Crippen LogP contribution in [0.15, 0.2) is 11.4 Å². The van der Waals surface area contributed by atoms with Crippen LogP contribution in [0.3, 0.4) is 0 Å². The lowest BCUT2D eigenvalue weighted by molar-refractivity contribution is 0.0953. The molecule has 0 saturated heterocycles. The quantitative estimate of drug-likeness (QED) is 0.501. The molecule has 15 heavy (non-hydrogen) atoms. The molecule has 1 aromatic rings. The van der Waals surface area contributed by atoms with Gasteiger partial charge in [0.2, 0.25) is 0 Å². The molecular weight excluding hydrogens is 234 g/mol. The predicted octanol–water partition coefficient (Wildman–Crippen LogP) is 1.99. The topological polar surface area (TPSA) is 54.9 Å². The maximum Gasteiger partial charge on any atom is 0.255 e. The Kier molecular flexibility index (Phi) is 4.84. The van der Waals surface area contributed by atoms with Gasteiger partial charge in [-0.05, 0) is 12.7 Å². The summed E-state index contributed by atoms with van der Waals surface area (Å²) in [5, 5.41) is 3.48. The molecule has 0 saturated carbocycles. The van der Waals surface area contributed by atoms with E-state index in [1.807, 2.05) is 13.2 Å². The Morgan fingerprint density at radius 1 is 1.67 bits per heavy atom. The van der Waals surface area contributed by atoms with Crippen molar-refractivity contribution in [3.05, 3.63) is 16.9 Å². The van der Waals surface area contributed by atoms with Crippen molar-refractivity contribution in [1.29, 1.82) is 0 Å². The molecule has 0 bridgehead atoms. The van der Waals surface area contributed by atoms with Gasteiger partial charge in [-0.2, -0.15) is 0 Å². The zero-order valence-electron chi connectivity index (χ0n) is 8.58. The number of thioether (sulfide) groups is 1. The van der Waals surface area contributed by atoms with E-state index in [9.17, 15) is 4.79 Å². The van der Waals surface area contributed by atoms with Crippen molar-refractivity contribution in [3.63, 3.8) is 0 Å². The molecular formula is C9H12ClN3OS. The molecule has 82 valence electrons. The van der Waals surface area contributed by atoms with Crippen LogP contribution in [0, 0.1) is 0 Å². The Labute approximate surface area is 97.8 Å². The normalized spacial score (nSPS) is 10.1. The summed E-state index contributed by atoms with van der Waals surface area (Å²) in [6, 6.07) is 0. The number of carbonyl (C=O) groups excluding carboxylic acids is 1. The van der Waals surface area contributed by atoms with Gasteiger partial charge in [0.25, 0.3) is 5.91 Å². The van der Waals surface area contributed by atoms with Crippen LogP contribution in [0.25, 0.3) is 0 Å². The average molecular weight is 246 g/mol. The molecule has 1 N–H and O–H groups in total. The SMILES string of the molecule is CCCNC(=O)c1cnc(SC)nc1Cl. The predicted molar refractivity (Wildman–Crippen MR) is 61.4 cm³/mol. The molecule has 0 atom stereocenters. The first-order valence-electron chi connectivity index (χ1n) is 4.53. The van der Waals surface area contributed by atoms with Crippen LogP contribution in [-0.4, -0.2) is 28.7 Å². The van der Waals surface area contributed by atoms with Gasteiger partial charge in [-0.3, -0.25) is 4.79 Å². The van der Waals surface area contributed by atoms with Crippen molar-refractivity contribution in [2.24, 2.45) is 0 Å². The number of hydrogen-bond donors (Lipinski definition) is 1. The third-order valence-corrected chi connectivity index (χ3v) is 2.53. The fourth-order valence-electron chi connectivity index (χ4n) is 0.931. The third kappa shape index (κ3) is 3.35. The van der Waals surface area contributed by atoms with Gasteiger partial charge in [0, 0.05) is 12.7 Å².